The first-order valence-electron chi connectivity index (χ1n) is 6.12. The van der Waals surface area contributed by atoms with E-state index in [-0.39, 0.29) is 6.61 Å². The van der Waals surface area contributed by atoms with E-state index in [0.717, 1.165) is 24.7 Å². The van der Waals surface area contributed by atoms with Crippen LogP contribution in [-0.2, 0) is 0 Å². The van der Waals surface area contributed by atoms with Crippen LogP contribution in [0.5, 0.6) is 5.88 Å². The smallest absolute Gasteiger partial charge is 0.245 e. The van der Waals surface area contributed by atoms with Gasteiger partial charge >= 0.3 is 0 Å². The molecule has 0 fully saturated rings. The molecule has 1 atom stereocenters. The fourth-order valence-electron chi connectivity index (χ4n) is 1.41. The SMILES string of the molecule is CCCCCCNCC(O)COc1cnsn1. The van der Waals surface area contributed by atoms with Gasteiger partial charge in [-0.3, -0.25) is 0 Å². The minimum absolute atomic E-state index is 0.257. The average molecular weight is 259 g/mol. The maximum Gasteiger partial charge on any atom is 0.245 e. The third-order valence-electron chi connectivity index (χ3n) is 2.35. The van der Waals surface area contributed by atoms with Gasteiger partial charge in [0.15, 0.2) is 0 Å². The second kappa shape index (κ2) is 9.32. The zero-order valence-corrected chi connectivity index (χ0v) is 11.1. The Bertz CT molecular complexity index is 270. The van der Waals surface area contributed by atoms with Crippen LogP contribution < -0.4 is 10.1 Å². The summed E-state index contributed by atoms with van der Waals surface area (Å²) in [5.74, 6) is 0.483. The monoisotopic (exact) mass is 259 g/mol. The summed E-state index contributed by atoms with van der Waals surface area (Å²) >= 11 is 1.10. The molecule has 1 unspecified atom stereocenters. The van der Waals surface area contributed by atoms with Crippen LogP contribution in [0.4, 0.5) is 0 Å². The second-order valence-electron chi connectivity index (χ2n) is 3.98. The highest BCUT2D eigenvalue weighted by Crippen LogP contribution is 2.05. The second-order valence-corrected chi connectivity index (χ2v) is 4.53. The lowest BCUT2D eigenvalue weighted by Gasteiger charge is -2.11. The van der Waals surface area contributed by atoms with Crippen molar-refractivity contribution < 1.29 is 9.84 Å². The van der Waals surface area contributed by atoms with Crippen LogP contribution in [0.1, 0.15) is 32.6 Å². The number of hydrogen-bond acceptors (Lipinski definition) is 6. The molecule has 0 aliphatic heterocycles. The number of ether oxygens (including phenoxy) is 1. The largest absolute Gasteiger partial charge is 0.473 e. The molecule has 0 saturated heterocycles. The Morgan fingerprint density at radius 3 is 3.06 bits per heavy atom. The first-order valence-corrected chi connectivity index (χ1v) is 6.85. The molecule has 0 aromatic carbocycles. The Morgan fingerprint density at radius 2 is 2.35 bits per heavy atom. The van der Waals surface area contributed by atoms with Crippen molar-refractivity contribution >= 4 is 11.7 Å². The number of aliphatic hydroxyl groups excluding tert-OH is 1. The van der Waals surface area contributed by atoms with Crippen molar-refractivity contribution in [3.63, 3.8) is 0 Å². The van der Waals surface area contributed by atoms with Crippen molar-refractivity contribution in [2.24, 2.45) is 0 Å². The molecule has 17 heavy (non-hydrogen) atoms. The van der Waals surface area contributed by atoms with Gasteiger partial charge in [0.2, 0.25) is 5.88 Å². The summed E-state index contributed by atoms with van der Waals surface area (Å²) in [6, 6.07) is 0. The van der Waals surface area contributed by atoms with Crippen molar-refractivity contribution in [3.8, 4) is 5.88 Å². The first-order chi connectivity index (χ1) is 8.33. The molecule has 1 aromatic rings. The zero-order valence-electron chi connectivity index (χ0n) is 10.3. The summed E-state index contributed by atoms with van der Waals surface area (Å²) in [6.45, 7) is 3.97. The molecule has 5 nitrogen and oxygen atoms in total. The molecule has 0 amide bonds. The molecule has 1 aromatic heterocycles. The predicted octanol–water partition coefficient (Wildman–Crippen LogP) is 1.45. The lowest BCUT2D eigenvalue weighted by molar-refractivity contribution is 0.104. The molecular weight excluding hydrogens is 238 g/mol. The van der Waals surface area contributed by atoms with E-state index < -0.39 is 6.10 Å². The first kappa shape index (κ1) is 14.3. The van der Waals surface area contributed by atoms with E-state index in [0.29, 0.717) is 12.4 Å². The van der Waals surface area contributed by atoms with Gasteiger partial charge in [-0.15, -0.1) is 4.37 Å². The molecule has 1 heterocycles. The van der Waals surface area contributed by atoms with Crippen molar-refractivity contribution in [2.45, 2.75) is 38.7 Å². The van der Waals surface area contributed by atoms with Gasteiger partial charge in [-0.2, -0.15) is 4.37 Å². The summed E-state index contributed by atoms with van der Waals surface area (Å²) in [5.41, 5.74) is 0. The maximum absolute atomic E-state index is 9.62. The number of rotatable bonds is 10. The Hall–Kier alpha value is -0.720. The highest BCUT2D eigenvalue weighted by atomic mass is 32.1. The predicted molar refractivity (Wildman–Crippen MR) is 68.4 cm³/mol. The lowest BCUT2D eigenvalue weighted by atomic mass is 10.2. The van der Waals surface area contributed by atoms with Gasteiger partial charge in [-0.1, -0.05) is 26.2 Å². The van der Waals surface area contributed by atoms with E-state index in [2.05, 4.69) is 21.0 Å². The fourth-order valence-corrected chi connectivity index (χ4v) is 1.77. The topological polar surface area (TPSA) is 67.3 Å². The Balaban J connectivity index is 1.92. The Kier molecular flexibility index (Phi) is 7.87. The van der Waals surface area contributed by atoms with Crippen LogP contribution in [0.25, 0.3) is 0 Å². The Labute approximate surface area is 107 Å². The lowest BCUT2D eigenvalue weighted by Crippen LogP contribution is -2.32. The Morgan fingerprint density at radius 1 is 1.47 bits per heavy atom. The van der Waals surface area contributed by atoms with Gasteiger partial charge in [0.05, 0.1) is 11.7 Å². The van der Waals surface area contributed by atoms with Gasteiger partial charge in [0.1, 0.15) is 18.9 Å². The number of unbranched alkanes of at least 4 members (excludes halogenated alkanes) is 3. The van der Waals surface area contributed by atoms with E-state index in [1.165, 1.54) is 19.3 Å². The van der Waals surface area contributed by atoms with Gasteiger partial charge < -0.3 is 15.2 Å². The zero-order chi connectivity index (χ0) is 12.3. The third-order valence-corrected chi connectivity index (χ3v) is 2.81. The van der Waals surface area contributed by atoms with Crippen molar-refractivity contribution in [1.82, 2.24) is 14.1 Å². The van der Waals surface area contributed by atoms with Gasteiger partial charge in [0.25, 0.3) is 0 Å². The van der Waals surface area contributed by atoms with Gasteiger partial charge in [-0.25, -0.2) is 0 Å². The van der Waals surface area contributed by atoms with Crippen LogP contribution in [0, 0.1) is 0 Å². The van der Waals surface area contributed by atoms with Crippen LogP contribution in [0.15, 0.2) is 6.20 Å². The number of nitrogens with one attached hydrogen (secondary N) is 1. The van der Waals surface area contributed by atoms with Gasteiger partial charge in [-0.05, 0) is 13.0 Å². The molecule has 6 heteroatoms. The quantitative estimate of drug-likeness (QED) is 0.622. The minimum atomic E-state index is -0.497. The minimum Gasteiger partial charge on any atom is -0.473 e. The maximum atomic E-state index is 9.62. The molecular formula is C11H21N3O2S. The van der Waals surface area contributed by atoms with Crippen molar-refractivity contribution in [3.05, 3.63) is 6.20 Å². The van der Waals surface area contributed by atoms with E-state index in [4.69, 9.17) is 4.74 Å². The molecule has 0 aliphatic rings. The van der Waals surface area contributed by atoms with Crippen molar-refractivity contribution in [1.29, 1.82) is 0 Å². The van der Waals surface area contributed by atoms with Crippen molar-refractivity contribution in [2.75, 3.05) is 19.7 Å². The summed E-state index contributed by atoms with van der Waals surface area (Å²) in [6.07, 6.45) is 6.00. The molecule has 0 spiro atoms. The molecule has 0 saturated carbocycles. The van der Waals surface area contributed by atoms with Crippen LogP contribution in [0.2, 0.25) is 0 Å². The normalized spacial score (nSPS) is 12.6. The third kappa shape index (κ3) is 7.25. The summed E-state index contributed by atoms with van der Waals surface area (Å²) in [7, 11) is 0. The molecule has 0 aliphatic carbocycles. The highest BCUT2D eigenvalue weighted by molar-refractivity contribution is 6.99. The van der Waals surface area contributed by atoms with E-state index in [1.54, 1.807) is 6.20 Å². The molecule has 0 bridgehead atoms. The number of hydrogen-bond donors (Lipinski definition) is 2. The van der Waals surface area contributed by atoms with E-state index in [9.17, 15) is 5.11 Å². The molecule has 98 valence electrons. The fraction of sp³-hybridized carbons (Fsp3) is 0.818. The van der Waals surface area contributed by atoms with Crippen LogP contribution >= 0.6 is 11.7 Å². The molecule has 1 rings (SSSR count). The average Bonchev–Trinajstić information content (AvgIpc) is 2.84. The van der Waals surface area contributed by atoms with Gasteiger partial charge in [0, 0.05) is 6.54 Å². The number of nitrogens with zero attached hydrogens (tertiary/aromatic N) is 2. The molecule has 0 radical (unpaired) electrons. The van der Waals surface area contributed by atoms with E-state index in [1.807, 2.05) is 0 Å². The van der Waals surface area contributed by atoms with Crippen LogP contribution in [-0.4, -0.2) is 39.7 Å². The number of aliphatic hydroxyl groups is 1. The summed E-state index contributed by atoms with van der Waals surface area (Å²) in [4.78, 5) is 0. The molecule has 2 N–H and O–H groups in total. The highest BCUT2D eigenvalue weighted by Gasteiger charge is 2.05. The standard InChI is InChI=1S/C11H21N3O2S/c1-2-3-4-5-6-12-7-10(15)9-16-11-8-13-17-14-11/h8,10,12,15H,2-7,9H2,1H3. The summed E-state index contributed by atoms with van der Waals surface area (Å²) in [5, 5.41) is 12.8. The van der Waals surface area contributed by atoms with Crippen LogP contribution in [0.3, 0.4) is 0 Å². The van der Waals surface area contributed by atoms with E-state index >= 15 is 0 Å². The number of aromatic nitrogens is 2. The summed E-state index contributed by atoms with van der Waals surface area (Å²) < 4.78 is 13.0.